The molecule has 0 bridgehead atoms. The average Bonchev–Trinajstić information content (AvgIpc) is 3.06. The third-order valence-corrected chi connectivity index (χ3v) is 6.53. The van der Waals surface area contributed by atoms with E-state index in [1.54, 1.807) is 20.3 Å². The van der Waals surface area contributed by atoms with E-state index >= 15 is 4.39 Å². The molecule has 0 spiro atoms. The van der Waals surface area contributed by atoms with Gasteiger partial charge >= 0.3 is 0 Å². The molecule has 10 heteroatoms. The van der Waals surface area contributed by atoms with Gasteiger partial charge in [-0.15, -0.1) is 0 Å². The second-order valence-corrected chi connectivity index (χ2v) is 10.0. The summed E-state index contributed by atoms with van der Waals surface area (Å²) in [4.78, 5) is 0. The lowest BCUT2D eigenvalue weighted by atomic mass is 9.98. The monoisotopic (exact) mass is 630 g/mol. The lowest BCUT2D eigenvalue weighted by Gasteiger charge is -2.14. The highest BCUT2D eigenvalue weighted by atomic mass is 19.1. The zero-order valence-corrected chi connectivity index (χ0v) is 26.7. The minimum absolute atomic E-state index is 0.0574. The summed E-state index contributed by atoms with van der Waals surface area (Å²) >= 11 is 0. The number of unbranched alkanes of at least 4 members (excludes halogenated alkanes) is 1. The molecule has 0 radical (unpaired) electrons. The number of ether oxygens (including phenoxy) is 9. The zero-order chi connectivity index (χ0) is 32.0. The van der Waals surface area contributed by atoms with E-state index < -0.39 is 5.82 Å². The van der Waals surface area contributed by atoms with Gasteiger partial charge in [0.1, 0.15) is 24.9 Å². The second kappa shape index (κ2) is 22.3. The SMILES string of the molecule is CCCCOCCCOc1ccc(-c2cc(OCOCCOC)cc(-c3ccc(OCCOCOCCOC)cc3)c2)cc1F. The fraction of sp³-hybridized carbons (Fsp3) is 0.486. The van der Waals surface area contributed by atoms with Crippen LogP contribution in [0.2, 0.25) is 0 Å². The first-order valence-corrected chi connectivity index (χ1v) is 15.4. The molecule has 0 saturated carbocycles. The fourth-order valence-electron chi connectivity index (χ4n) is 4.10. The van der Waals surface area contributed by atoms with Crippen LogP contribution in [0, 0.1) is 5.82 Å². The topological polar surface area (TPSA) is 83.1 Å². The average molecular weight is 631 g/mol. The van der Waals surface area contributed by atoms with Crippen LogP contribution in [0.25, 0.3) is 22.3 Å². The molecular formula is C35H47FO9. The Hall–Kier alpha value is -3.25. The quantitative estimate of drug-likeness (QED) is 0.0745. The number of benzene rings is 3. The van der Waals surface area contributed by atoms with Crippen LogP contribution in [0.4, 0.5) is 4.39 Å². The van der Waals surface area contributed by atoms with E-state index in [-0.39, 0.29) is 19.3 Å². The van der Waals surface area contributed by atoms with Crippen molar-refractivity contribution < 1.29 is 47.0 Å². The van der Waals surface area contributed by atoms with Crippen molar-refractivity contribution in [3.05, 3.63) is 66.5 Å². The van der Waals surface area contributed by atoms with Crippen molar-refractivity contribution >= 4 is 0 Å². The van der Waals surface area contributed by atoms with Gasteiger partial charge in [-0.3, -0.25) is 0 Å². The molecule has 0 aliphatic carbocycles. The number of methoxy groups -OCH3 is 2. The smallest absolute Gasteiger partial charge is 0.189 e. The Bertz CT molecular complexity index is 1210. The largest absolute Gasteiger partial charge is 0.491 e. The molecule has 3 aromatic carbocycles. The standard InChI is InChI=1S/C35H47FO9/c1-4-5-13-39-14-6-15-44-35-12-9-29(25-34(35)36)31-22-30(23-33(24-31)45-27-42-19-17-38-3)28-7-10-32(11-8-28)43-21-20-41-26-40-18-16-37-2/h7-12,22-25H,4-6,13-21,26-27H2,1-3H3. The van der Waals surface area contributed by atoms with E-state index in [2.05, 4.69) is 6.92 Å². The van der Waals surface area contributed by atoms with E-state index in [9.17, 15) is 0 Å². The minimum Gasteiger partial charge on any atom is -0.491 e. The van der Waals surface area contributed by atoms with Gasteiger partial charge in [-0.05, 0) is 71.1 Å². The van der Waals surface area contributed by atoms with Gasteiger partial charge in [0.15, 0.2) is 18.4 Å². The van der Waals surface area contributed by atoms with Crippen molar-refractivity contribution in [2.24, 2.45) is 0 Å². The lowest BCUT2D eigenvalue weighted by molar-refractivity contribution is -0.0710. The van der Waals surface area contributed by atoms with Crippen LogP contribution < -0.4 is 14.2 Å². The normalized spacial score (nSPS) is 11.1. The van der Waals surface area contributed by atoms with Gasteiger partial charge < -0.3 is 42.6 Å². The van der Waals surface area contributed by atoms with Crippen LogP contribution in [0.1, 0.15) is 26.2 Å². The van der Waals surface area contributed by atoms with Gasteiger partial charge in [0.05, 0.1) is 39.6 Å². The summed E-state index contributed by atoms with van der Waals surface area (Å²) in [6.07, 6.45) is 2.83. The van der Waals surface area contributed by atoms with Crippen LogP contribution in [-0.4, -0.2) is 87.3 Å². The summed E-state index contributed by atoms with van der Waals surface area (Å²) in [5, 5.41) is 0. The molecule has 0 aliphatic heterocycles. The number of hydrogen-bond donors (Lipinski definition) is 0. The van der Waals surface area contributed by atoms with E-state index in [4.69, 9.17) is 42.6 Å². The van der Waals surface area contributed by atoms with E-state index in [0.717, 1.165) is 36.1 Å². The van der Waals surface area contributed by atoms with Crippen LogP contribution in [0.3, 0.4) is 0 Å². The molecule has 0 saturated heterocycles. The lowest BCUT2D eigenvalue weighted by Crippen LogP contribution is -2.11. The third kappa shape index (κ3) is 14.2. The summed E-state index contributed by atoms with van der Waals surface area (Å²) in [6, 6.07) is 18.5. The van der Waals surface area contributed by atoms with Crippen LogP contribution in [0.15, 0.2) is 60.7 Å². The minimum atomic E-state index is -0.429. The molecule has 0 N–H and O–H groups in total. The highest BCUT2D eigenvalue weighted by molar-refractivity contribution is 5.75. The van der Waals surface area contributed by atoms with Crippen molar-refractivity contribution in [3.63, 3.8) is 0 Å². The molecule has 9 nitrogen and oxygen atoms in total. The Morgan fingerprint density at radius 1 is 0.489 bits per heavy atom. The van der Waals surface area contributed by atoms with Crippen molar-refractivity contribution in [1.29, 1.82) is 0 Å². The van der Waals surface area contributed by atoms with Gasteiger partial charge in [0, 0.05) is 33.9 Å². The highest BCUT2D eigenvalue weighted by Gasteiger charge is 2.11. The Morgan fingerprint density at radius 3 is 1.82 bits per heavy atom. The maximum atomic E-state index is 15.1. The van der Waals surface area contributed by atoms with Crippen LogP contribution >= 0.6 is 0 Å². The highest BCUT2D eigenvalue weighted by Crippen LogP contribution is 2.34. The van der Waals surface area contributed by atoms with Crippen molar-refractivity contribution in [2.45, 2.75) is 26.2 Å². The van der Waals surface area contributed by atoms with Crippen molar-refractivity contribution in [1.82, 2.24) is 0 Å². The van der Waals surface area contributed by atoms with Gasteiger partial charge in [-0.1, -0.05) is 31.5 Å². The summed E-state index contributed by atoms with van der Waals surface area (Å²) in [5.41, 5.74) is 3.32. The molecule has 0 aromatic heterocycles. The summed E-state index contributed by atoms with van der Waals surface area (Å²) < 4.78 is 64.1. The van der Waals surface area contributed by atoms with Gasteiger partial charge in [-0.25, -0.2) is 4.39 Å². The predicted molar refractivity (Wildman–Crippen MR) is 171 cm³/mol. The Kier molecular flexibility index (Phi) is 17.9. The number of rotatable bonds is 25. The molecule has 0 unspecified atom stereocenters. The van der Waals surface area contributed by atoms with E-state index in [0.29, 0.717) is 76.3 Å². The number of hydrogen-bond acceptors (Lipinski definition) is 9. The summed E-state index contributed by atoms with van der Waals surface area (Å²) in [6.45, 7) is 6.77. The Labute approximate surface area is 266 Å². The molecule has 0 fully saturated rings. The predicted octanol–water partition coefficient (Wildman–Crippen LogP) is 6.76. The summed E-state index contributed by atoms with van der Waals surface area (Å²) in [7, 11) is 3.24. The molecule has 45 heavy (non-hydrogen) atoms. The van der Waals surface area contributed by atoms with Crippen LogP contribution in [0.5, 0.6) is 17.2 Å². The molecule has 0 amide bonds. The summed E-state index contributed by atoms with van der Waals surface area (Å²) in [5.74, 6) is 1.09. The molecular weight excluding hydrogens is 583 g/mol. The zero-order valence-electron chi connectivity index (χ0n) is 26.7. The molecule has 3 rings (SSSR count). The fourth-order valence-corrected chi connectivity index (χ4v) is 4.10. The first-order valence-electron chi connectivity index (χ1n) is 15.4. The molecule has 0 aliphatic rings. The van der Waals surface area contributed by atoms with Crippen LogP contribution in [-0.2, 0) is 28.4 Å². The first-order chi connectivity index (χ1) is 22.1. The van der Waals surface area contributed by atoms with Gasteiger partial charge in [0.2, 0.25) is 0 Å². The molecule has 0 atom stereocenters. The number of halogens is 1. The second-order valence-electron chi connectivity index (χ2n) is 10.0. The Balaban J connectivity index is 1.65. The van der Waals surface area contributed by atoms with Crippen molar-refractivity contribution in [3.8, 4) is 39.5 Å². The van der Waals surface area contributed by atoms with E-state index in [1.807, 2.05) is 48.5 Å². The Morgan fingerprint density at radius 2 is 1.13 bits per heavy atom. The van der Waals surface area contributed by atoms with Gasteiger partial charge in [0.25, 0.3) is 0 Å². The maximum Gasteiger partial charge on any atom is 0.189 e. The van der Waals surface area contributed by atoms with Crippen molar-refractivity contribution in [2.75, 3.05) is 87.3 Å². The molecule has 3 aromatic rings. The van der Waals surface area contributed by atoms with Gasteiger partial charge in [-0.2, -0.15) is 0 Å². The molecule has 0 heterocycles. The third-order valence-electron chi connectivity index (χ3n) is 6.53. The van der Waals surface area contributed by atoms with E-state index in [1.165, 1.54) is 6.07 Å². The maximum absolute atomic E-state index is 15.1. The first kappa shape index (κ1) is 36.2. The molecule has 248 valence electrons.